The van der Waals surface area contributed by atoms with Crippen molar-refractivity contribution in [3.8, 4) is 0 Å². The Bertz CT molecular complexity index is 607. The van der Waals surface area contributed by atoms with Gasteiger partial charge in [-0.15, -0.1) is 0 Å². The van der Waals surface area contributed by atoms with Crippen LogP contribution in [0.1, 0.15) is 12.5 Å². The molecule has 0 bridgehead atoms. The third-order valence-corrected chi connectivity index (χ3v) is 3.41. The number of rotatable bonds is 2. The zero-order chi connectivity index (χ0) is 12.7. The predicted octanol–water partition coefficient (Wildman–Crippen LogP) is 0.606. The van der Waals surface area contributed by atoms with Crippen molar-refractivity contribution in [2.75, 3.05) is 12.3 Å². The summed E-state index contributed by atoms with van der Waals surface area (Å²) in [5.74, 6) is -0.481. The van der Waals surface area contributed by atoms with Gasteiger partial charge in [0.2, 0.25) is 5.95 Å². The second-order valence-electron chi connectivity index (χ2n) is 4.45. The topological polar surface area (TPSA) is 93.2 Å². The number of aromatic nitrogens is 2. The van der Waals surface area contributed by atoms with Gasteiger partial charge >= 0.3 is 5.97 Å². The van der Waals surface area contributed by atoms with Gasteiger partial charge in [-0.25, -0.2) is 4.98 Å². The van der Waals surface area contributed by atoms with Crippen molar-refractivity contribution < 1.29 is 9.90 Å². The van der Waals surface area contributed by atoms with E-state index in [1.807, 2.05) is 28.8 Å². The molecule has 6 heteroatoms. The molecule has 6 nitrogen and oxygen atoms in total. The minimum Gasteiger partial charge on any atom is -0.480 e. The highest BCUT2D eigenvalue weighted by molar-refractivity contribution is 5.80. The summed E-state index contributed by atoms with van der Waals surface area (Å²) in [5, 5.41) is 12.2. The maximum absolute atomic E-state index is 11.2. The SMILES string of the molecule is Nc1nc2ccccc2n1C1CCN[C@@H]1C(=O)O. The highest BCUT2D eigenvalue weighted by Gasteiger charge is 2.35. The molecule has 18 heavy (non-hydrogen) atoms. The van der Waals surface area contributed by atoms with E-state index in [-0.39, 0.29) is 6.04 Å². The molecule has 2 heterocycles. The van der Waals surface area contributed by atoms with E-state index in [2.05, 4.69) is 10.3 Å². The van der Waals surface area contributed by atoms with Crippen LogP contribution in [0, 0.1) is 0 Å². The summed E-state index contributed by atoms with van der Waals surface area (Å²) in [7, 11) is 0. The highest BCUT2D eigenvalue weighted by atomic mass is 16.4. The largest absolute Gasteiger partial charge is 0.480 e. The van der Waals surface area contributed by atoms with Crippen LogP contribution < -0.4 is 11.1 Å². The number of hydrogen-bond acceptors (Lipinski definition) is 4. The molecule has 0 amide bonds. The number of fused-ring (bicyclic) bond motifs is 1. The number of carbonyl (C=O) groups is 1. The van der Waals surface area contributed by atoms with Crippen molar-refractivity contribution in [3.63, 3.8) is 0 Å². The predicted molar refractivity (Wildman–Crippen MR) is 67.2 cm³/mol. The number of carboxylic acid groups (broad SMARTS) is 1. The second kappa shape index (κ2) is 3.99. The van der Waals surface area contributed by atoms with Gasteiger partial charge in [0.05, 0.1) is 17.1 Å². The molecule has 0 saturated carbocycles. The van der Waals surface area contributed by atoms with Gasteiger partial charge in [-0.1, -0.05) is 12.1 Å². The molecule has 3 rings (SSSR count). The fraction of sp³-hybridized carbons (Fsp3) is 0.333. The van der Waals surface area contributed by atoms with Crippen LogP contribution in [-0.2, 0) is 4.79 Å². The first-order valence-electron chi connectivity index (χ1n) is 5.87. The van der Waals surface area contributed by atoms with E-state index in [4.69, 9.17) is 5.73 Å². The number of imidazole rings is 1. The number of nitrogens with zero attached hydrogens (tertiary/aromatic N) is 2. The summed E-state index contributed by atoms with van der Waals surface area (Å²) in [6, 6.07) is 6.79. The smallest absolute Gasteiger partial charge is 0.322 e. The molecule has 0 radical (unpaired) electrons. The van der Waals surface area contributed by atoms with E-state index in [0.29, 0.717) is 12.5 Å². The zero-order valence-corrected chi connectivity index (χ0v) is 9.71. The van der Waals surface area contributed by atoms with Gasteiger partial charge in [0.15, 0.2) is 0 Å². The summed E-state index contributed by atoms with van der Waals surface area (Å²) in [5.41, 5.74) is 7.61. The first kappa shape index (κ1) is 11.0. The third kappa shape index (κ3) is 1.53. The lowest BCUT2D eigenvalue weighted by Gasteiger charge is -2.19. The van der Waals surface area contributed by atoms with Gasteiger partial charge in [-0.3, -0.25) is 4.79 Å². The number of aliphatic carboxylic acids is 1. The van der Waals surface area contributed by atoms with E-state index in [1.165, 1.54) is 0 Å². The Kier molecular flexibility index (Phi) is 2.45. The lowest BCUT2D eigenvalue weighted by Crippen LogP contribution is -2.36. The quantitative estimate of drug-likeness (QED) is 0.721. The van der Waals surface area contributed by atoms with Gasteiger partial charge in [-0.05, 0) is 25.1 Å². The molecular formula is C12H14N4O2. The normalized spacial score (nSPS) is 23.6. The number of para-hydroxylation sites is 2. The van der Waals surface area contributed by atoms with Crippen LogP contribution in [0.5, 0.6) is 0 Å². The fourth-order valence-corrected chi connectivity index (χ4v) is 2.63. The molecule has 1 saturated heterocycles. The van der Waals surface area contributed by atoms with Gasteiger partial charge in [-0.2, -0.15) is 0 Å². The molecule has 1 aliphatic heterocycles. The maximum atomic E-state index is 11.2. The third-order valence-electron chi connectivity index (χ3n) is 3.41. The van der Waals surface area contributed by atoms with Crippen molar-refractivity contribution in [2.24, 2.45) is 0 Å². The molecule has 2 aromatic rings. The molecule has 94 valence electrons. The van der Waals surface area contributed by atoms with Crippen LogP contribution in [0.4, 0.5) is 5.95 Å². The summed E-state index contributed by atoms with van der Waals surface area (Å²) in [4.78, 5) is 15.5. The van der Waals surface area contributed by atoms with Crippen LogP contribution in [0.25, 0.3) is 11.0 Å². The minimum atomic E-state index is -0.852. The molecule has 1 aromatic carbocycles. The molecule has 1 unspecified atom stereocenters. The lowest BCUT2D eigenvalue weighted by atomic mass is 10.1. The number of carboxylic acids is 1. The number of anilines is 1. The Morgan fingerprint density at radius 3 is 3.06 bits per heavy atom. The Balaban J connectivity index is 2.13. The molecule has 1 aliphatic rings. The van der Waals surface area contributed by atoms with Crippen molar-refractivity contribution in [1.82, 2.24) is 14.9 Å². The van der Waals surface area contributed by atoms with Gasteiger partial charge in [0.25, 0.3) is 0 Å². The number of benzene rings is 1. The number of nitrogens with one attached hydrogen (secondary N) is 1. The van der Waals surface area contributed by atoms with Gasteiger partial charge in [0, 0.05) is 0 Å². The van der Waals surface area contributed by atoms with Crippen LogP contribution in [-0.4, -0.2) is 33.2 Å². The average Bonchev–Trinajstić information content (AvgIpc) is 2.91. The molecule has 0 spiro atoms. The van der Waals surface area contributed by atoms with E-state index in [1.54, 1.807) is 0 Å². The first-order chi connectivity index (χ1) is 8.68. The van der Waals surface area contributed by atoms with E-state index < -0.39 is 12.0 Å². The maximum Gasteiger partial charge on any atom is 0.322 e. The summed E-state index contributed by atoms with van der Waals surface area (Å²) < 4.78 is 1.83. The molecule has 1 aromatic heterocycles. The second-order valence-corrected chi connectivity index (χ2v) is 4.45. The van der Waals surface area contributed by atoms with Gasteiger partial charge < -0.3 is 20.7 Å². The Labute approximate surface area is 103 Å². The highest BCUT2D eigenvalue weighted by Crippen LogP contribution is 2.29. The molecular weight excluding hydrogens is 232 g/mol. The van der Waals surface area contributed by atoms with Crippen molar-refractivity contribution in [2.45, 2.75) is 18.5 Å². The Morgan fingerprint density at radius 2 is 2.28 bits per heavy atom. The zero-order valence-electron chi connectivity index (χ0n) is 9.71. The van der Waals surface area contributed by atoms with Crippen molar-refractivity contribution in [3.05, 3.63) is 24.3 Å². The number of nitrogen functional groups attached to an aromatic ring is 1. The van der Waals surface area contributed by atoms with E-state index in [0.717, 1.165) is 17.5 Å². The van der Waals surface area contributed by atoms with Crippen LogP contribution in [0.3, 0.4) is 0 Å². The standard InChI is InChI=1S/C12H14N4O2/c13-12-15-7-3-1-2-4-8(7)16(12)9-5-6-14-10(9)11(17)18/h1-4,9-10,14H,5-6H2,(H2,13,15)(H,17,18)/t9?,10-/m0/s1. The lowest BCUT2D eigenvalue weighted by molar-refractivity contribution is -0.139. The fourth-order valence-electron chi connectivity index (χ4n) is 2.63. The molecule has 2 atom stereocenters. The van der Waals surface area contributed by atoms with Crippen LogP contribution >= 0.6 is 0 Å². The van der Waals surface area contributed by atoms with Crippen LogP contribution in [0.2, 0.25) is 0 Å². The summed E-state index contributed by atoms with van der Waals surface area (Å²) in [6.45, 7) is 0.674. The summed E-state index contributed by atoms with van der Waals surface area (Å²) in [6.07, 6.45) is 0.738. The Hall–Kier alpha value is -2.08. The molecule has 4 N–H and O–H groups in total. The van der Waals surface area contributed by atoms with Gasteiger partial charge in [0.1, 0.15) is 6.04 Å². The summed E-state index contributed by atoms with van der Waals surface area (Å²) >= 11 is 0. The van der Waals surface area contributed by atoms with E-state index in [9.17, 15) is 9.90 Å². The van der Waals surface area contributed by atoms with Crippen LogP contribution in [0.15, 0.2) is 24.3 Å². The minimum absolute atomic E-state index is 0.185. The number of nitrogens with two attached hydrogens (primary N) is 1. The Morgan fingerprint density at radius 1 is 1.50 bits per heavy atom. The number of hydrogen-bond donors (Lipinski definition) is 3. The molecule has 1 fully saturated rings. The molecule has 0 aliphatic carbocycles. The average molecular weight is 246 g/mol. The van der Waals surface area contributed by atoms with Crippen molar-refractivity contribution >= 4 is 23.0 Å². The van der Waals surface area contributed by atoms with E-state index >= 15 is 0 Å². The van der Waals surface area contributed by atoms with Crippen molar-refractivity contribution in [1.29, 1.82) is 0 Å². The first-order valence-corrected chi connectivity index (χ1v) is 5.87. The monoisotopic (exact) mass is 246 g/mol.